The van der Waals surface area contributed by atoms with Crippen LogP contribution in [-0.2, 0) is 4.74 Å². The third kappa shape index (κ3) is 10.2. The lowest BCUT2D eigenvalue weighted by atomic mass is 10.2. The molecule has 0 bridgehead atoms. The number of hydrogen-bond donors (Lipinski definition) is 0. The minimum atomic E-state index is -6.00. The molecular formula is C9H20BF4NO. The van der Waals surface area contributed by atoms with Gasteiger partial charge in [-0.05, 0) is 12.8 Å². The highest BCUT2D eigenvalue weighted by Crippen LogP contribution is 2.11. The molecule has 7 heteroatoms. The monoisotopic (exact) mass is 245 g/mol. The molecule has 0 saturated carbocycles. The van der Waals surface area contributed by atoms with Crippen LogP contribution < -0.4 is 0 Å². The van der Waals surface area contributed by atoms with Crippen LogP contribution in [0.4, 0.5) is 17.3 Å². The summed E-state index contributed by atoms with van der Waals surface area (Å²) in [5.74, 6) is 0. The minimum absolute atomic E-state index is 0.934. The zero-order chi connectivity index (χ0) is 12.7. The molecule has 0 spiro atoms. The number of hydrogen-bond acceptors (Lipinski definition) is 1. The van der Waals surface area contributed by atoms with Crippen molar-refractivity contribution in [2.75, 3.05) is 33.5 Å². The maximum absolute atomic E-state index is 9.75. The predicted molar refractivity (Wildman–Crippen MR) is 56.4 cm³/mol. The predicted octanol–water partition coefficient (Wildman–Crippen LogP) is 2.91. The Kier molecular flexibility index (Phi) is 6.98. The van der Waals surface area contributed by atoms with Gasteiger partial charge in [-0.3, -0.25) is 0 Å². The molecule has 0 N–H and O–H groups in total. The fourth-order valence-corrected chi connectivity index (χ4v) is 1.55. The van der Waals surface area contributed by atoms with Crippen LogP contribution in [0, 0.1) is 0 Å². The van der Waals surface area contributed by atoms with Crippen molar-refractivity contribution >= 4 is 7.25 Å². The summed E-state index contributed by atoms with van der Waals surface area (Å²) in [7, 11) is -3.71. The quantitative estimate of drug-likeness (QED) is 0.320. The van der Waals surface area contributed by atoms with Gasteiger partial charge >= 0.3 is 7.25 Å². The van der Waals surface area contributed by atoms with E-state index in [1.165, 1.54) is 32.4 Å². The van der Waals surface area contributed by atoms with Gasteiger partial charge in [0.05, 0.1) is 13.6 Å². The van der Waals surface area contributed by atoms with E-state index in [-0.39, 0.29) is 0 Å². The first kappa shape index (κ1) is 15.7. The van der Waals surface area contributed by atoms with E-state index >= 15 is 0 Å². The van der Waals surface area contributed by atoms with Gasteiger partial charge in [0.2, 0.25) is 0 Å². The van der Waals surface area contributed by atoms with E-state index in [1.807, 2.05) is 0 Å². The van der Waals surface area contributed by atoms with Crippen molar-refractivity contribution in [2.45, 2.75) is 26.2 Å². The lowest BCUT2D eigenvalue weighted by Crippen LogP contribution is -2.42. The Morgan fingerprint density at radius 3 is 2.12 bits per heavy atom. The van der Waals surface area contributed by atoms with Gasteiger partial charge in [-0.2, -0.15) is 0 Å². The van der Waals surface area contributed by atoms with Gasteiger partial charge in [0.1, 0.15) is 13.2 Å². The van der Waals surface area contributed by atoms with Crippen LogP contribution in [-0.4, -0.2) is 45.2 Å². The normalized spacial score (nSPS) is 25.1. The Hall–Kier alpha value is -0.295. The number of nitrogens with zero attached hydrogens (tertiary/aromatic N) is 1. The van der Waals surface area contributed by atoms with E-state index in [4.69, 9.17) is 4.74 Å². The Morgan fingerprint density at radius 1 is 1.19 bits per heavy atom. The molecule has 1 atom stereocenters. The van der Waals surface area contributed by atoms with Gasteiger partial charge in [-0.15, -0.1) is 0 Å². The summed E-state index contributed by atoms with van der Waals surface area (Å²) >= 11 is 0. The van der Waals surface area contributed by atoms with Crippen molar-refractivity contribution in [3.63, 3.8) is 0 Å². The van der Waals surface area contributed by atoms with Gasteiger partial charge in [-0.25, -0.2) is 0 Å². The first-order valence-electron chi connectivity index (χ1n) is 5.55. The van der Waals surface area contributed by atoms with E-state index in [0.29, 0.717) is 0 Å². The molecule has 0 aromatic carbocycles. The van der Waals surface area contributed by atoms with Crippen molar-refractivity contribution in [2.24, 2.45) is 0 Å². The fraction of sp³-hybridized carbons (Fsp3) is 1.00. The van der Waals surface area contributed by atoms with Crippen molar-refractivity contribution in [1.82, 2.24) is 0 Å². The summed E-state index contributed by atoms with van der Waals surface area (Å²) in [5, 5.41) is 0. The summed E-state index contributed by atoms with van der Waals surface area (Å²) in [6.45, 7) is 6.66. The second-order valence-electron chi connectivity index (χ2n) is 4.31. The number of rotatable bonds is 4. The molecule has 2 nitrogen and oxygen atoms in total. The molecule has 1 aliphatic heterocycles. The molecule has 0 aliphatic carbocycles. The molecular weight excluding hydrogens is 225 g/mol. The summed E-state index contributed by atoms with van der Waals surface area (Å²) in [4.78, 5) is 0. The smallest absolute Gasteiger partial charge is 0.418 e. The molecule has 16 heavy (non-hydrogen) atoms. The zero-order valence-corrected chi connectivity index (χ0v) is 9.89. The fourth-order valence-electron chi connectivity index (χ4n) is 1.55. The van der Waals surface area contributed by atoms with Crippen molar-refractivity contribution < 1.29 is 26.5 Å². The third-order valence-corrected chi connectivity index (χ3v) is 2.48. The molecule has 0 amide bonds. The Labute approximate surface area is 94.3 Å². The van der Waals surface area contributed by atoms with Crippen LogP contribution in [0.15, 0.2) is 0 Å². The van der Waals surface area contributed by atoms with E-state index < -0.39 is 7.25 Å². The molecule has 98 valence electrons. The van der Waals surface area contributed by atoms with Crippen molar-refractivity contribution in [3.05, 3.63) is 0 Å². The number of ether oxygens (including phenoxy) is 1. The minimum Gasteiger partial charge on any atom is -0.418 e. The summed E-state index contributed by atoms with van der Waals surface area (Å²) in [6.07, 6.45) is 4.05. The molecule has 1 unspecified atom stereocenters. The first-order chi connectivity index (χ1) is 7.27. The van der Waals surface area contributed by atoms with Crippen LogP contribution in [0.5, 0.6) is 0 Å². The molecule has 1 saturated heterocycles. The van der Waals surface area contributed by atoms with Crippen LogP contribution in [0.1, 0.15) is 26.2 Å². The van der Waals surface area contributed by atoms with Gasteiger partial charge in [0.25, 0.3) is 0 Å². The topological polar surface area (TPSA) is 9.23 Å². The maximum Gasteiger partial charge on any atom is 0.673 e. The Bertz CT molecular complexity index is 177. The second-order valence-corrected chi connectivity index (χ2v) is 4.31. The highest BCUT2D eigenvalue weighted by Gasteiger charge is 2.26. The van der Waals surface area contributed by atoms with E-state index in [9.17, 15) is 17.3 Å². The van der Waals surface area contributed by atoms with E-state index in [1.54, 1.807) is 0 Å². The van der Waals surface area contributed by atoms with Crippen LogP contribution in [0.25, 0.3) is 0 Å². The summed E-state index contributed by atoms with van der Waals surface area (Å²) in [6, 6.07) is 0. The standard InChI is InChI=1S/C9H20NO.BF4/c1-3-4-5-6-10(2)7-8-11-9-10;2-1(3,4)5/h3-9H2,1-2H3;/q+1;-1. The molecule has 1 heterocycles. The van der Waals surface area contributed by atoms with Gasteiger partial charge in [-0.1, -0.05) is 13.3 Å². The van der Waals surface area contributed by atoms with Gasteiger partial charge < -0.3 is 26.5 Å². The average Bonchev–Trinajstić information content (AvgIpc) is 2.50. The first-order valence-corrected chi connectivity index (χ1v) is 5.55. The highest BCUT2D eigenvalue weighted by atomic mass is 19.5. The number of likely N-dealkylation sites (N-methyl/N-ethyl adjacent to an activating group) is 1. The number of halogens is 4. The van der Waals surface area contributed by atoms with E-state index in [0.717, 1.165) is 17.8 Å². The second kappa shape index (κ2) is 7.11. The molecule has 0 aromatic heterocycles. The number of unbranched alkanes of at least 4 members (excludes halogenated alkanes) is 2. The molecule has 1 fully saturated rings. The van der Waals surface area contributed by atoms with Crippen LogP contribution in [0.3, 0.4) is 0 Å². The van der Waals surface area contributed by atoms with E-state index in [2.05, 4.69) is 14.0 Å². The Balaban J connectivity index is 0.000000385. The molecule has 0 aromatic rings. The average molecular weight is 245 g/mol. The Morgan fingerprint density at radius 2 is 1.75 bits per heavy atom. The number of quaternary nitrogens is 1. The summed E-state index contributed by atoms with van der Waals surface area (Å²) in [5.41, 5.74) is 0. The van der Waals surface area contributed by atoms with Gasteiger partial charge in [0.15, 0.2) is 6.73 Å². The SMILES string of the molecule is CCCCC[N+]1(C)CCOC1.F[B-](F)(F)F. The molecule has 1 rings (SSSR count). The zero-order valence-electron chi connectivity index (χ0n) is 9.89. The van der Waals surface area contributed by atoms with Crippen molar-refractivity contribution in [1.29, 1.82) is 0 Å². The van der Waals surface area contributed by atoms with Crippen LogP contribution >= 0.6 is 0 Å². The summed E-state index contributed by atoms with van der Waals surface area (Å²) < 4.78 is 45.5. The molecule has 1 aliphatic rings. The van der Waals surface area contributed by atoms with Crippen molar-refractivity contribution in [3.8, 4) is 0 Å². The highest BCUT2D eigenvalue weighted by molar-refractivity contribution is 6.50. The maximum atomic E-state index is 9.75. The lowest BCUT2D eigenvalue weighted by molar-refractivity contribution is -0.906. The molecule has 0 radical (unpaired) electrons. The lowest BCUT2D eigenvalue weighted by Gasteiger charge is -2.26. The van der Waals surface area contributed by atoms with Crippen LogP contribution in [0.2, 0.25) is 0 Å². The third-order valence-electron chi connectivity index (χ3n) is 2.48. The van der Waals surface area contributed by atoms with Gasteiger partial charge in [0, 0.05) is 0 Å². The largest absolute Gasteiger partial charge is 0.673 e.